The molecule has 0 bridgehead atoms. The number of rotatable bonds is 4. The molecule has 1 aromatic carbocycles. The summed E-state index contributed by atoms with van der Waals surface area (Å²) in [5, 5.41) is 1.39. The van der Waals surface area contributed by atoms with Crippen molar-refractivity contribution in [1.82, 2.24) is 9.80 Å². The molecule has 2 aliphatic rings. The number of morpholine rings is 1. The van der Waals surface area contributed by atoms with E-state index < -0.39 is 0 Å². The lowest BCUT2D eigenvalue weighted by molar-refractivity contribution is 0.0312. The second kappa shape index (κ2) is 6.67. The smallest absolute Gasteiger partial charge is 0.0594 e. The fraction of sp³-hybridized carbons (Fsp3) is 0.556. The molecule has 0 unspecified atom stereocenters. The summed E-state index contributed by atoms with van der Waals surface area (Å²) in [6.07, 6.45) is 1.35. The Labute approximate surface area is 136 Å². The molecule has 0 aliphatic carbocycles. The van der Waals surface area contributed by atoms with E-state index in [9.17, 15) is 0 Å². The first-order valence-electron chi connectivity index (χ1n) is 8.37. The van der Waals surface area contributed by atoms with E-state index in [0.29, 0.717) is 0 Å². The number of hydrogen-bond acceptors (Lipinski definition) is 4. The molecule has 22 heavy (non-hydrogen) atoms. The van der Waals surface area contributed by atoms with Crippen molar-refractivity contribution in [3.05, 3.63) is 35.2 Å². The highest BCUT2D eigenvalue weighted by Gasteiger charge is 2.25. The van der Waals surface area contributed by atoms with Crippen molar-refractivity contribution in [2.24, 2.45) is 5.92 Å². The third-order valence-corrected chi connectivity index (χ3v) is 5.95. The Bertz CT molecular complexity index is 587. The molecule has 2 fully saturated rings. The zero-order chi connectivity index (χ0) is 14.8. The zero-order valence-corrected chi connectivity index (χ0v) is 13.9. The summed E-state index contributed by atoms with van der Waals surface area (Å²) in [5.74, 6) is 0.840. The van der Waals surface area contributed by atoms with E-state index in [-0.39, 0.29) is 0 Å². The first-order chi connectivity index (χ1) is 10.9. The van der Waals surface area contributed by atoms with E-state index >= 15 is 0 Å². The fourth-order valence-corrected chi connectivity index (χ4v) is 4.80. The normalized spacial score (nSPS) is 24.3. The van der Waals surface area contributed by atoms with Crippen molar-refractivity contribution in [1.29, 1.82) is 0 Å². The Morgan fingerprint density at radius 3 is 2.82 bits per heavy atom. The Morgan fingerprint density at radius 1 is 1.09 bits per heavy atom. The monoisotopic (exact) mass is 316 g/mol. The molecule has 2 aromatic rings. The van der Waals surface area contributed by atoms with Gasteiger partial charge in [0.25, 0.3) is 0 Å². The number of hydrogen-bond donors (Lipinski definition) is 0. The lowest BCUT2D eigenvalue weighted by atomic mass is 10.1. The van der Waals surface area contributed by atoms with E-state index in [2.05, 4.69) is 40.1 Å². The molecular formula is C18H24N2OS. The van der Waals surface area contributed by atoms with Crippen molar-refractivity contribution in [3.8, 4) is 0 Å². The van der Waals surface area contributed by atoms with Gasteiger partial charge in [-0.1, -0.05) is 18.2 Å². The molecule has 1 aromatic heterocycles. The Kier molecular flexibility index (Phi) is 4.44. The zero-order valence-electron chi connectivity index (χ0n) is 13.0. The van der Waals surface area contributed by atoms with Crippen molar-refractivity contribution in [3.63, 3.8) is 0 Å². The first-order valence-corrected chi connectivity index (χ1v) is 9.18. The Balaban J connectivity index is 1.32. The minimum atomic E-state index is 0.840. The van der Waals surface area contributed by atoms with E-state index in [1.54, 1.807) is 0 Å². The predicted octanol–water partition coefficient (Wildman–Crippen LogP) is 3.06. The van der Waals surface area contributed by atoms with E-state index in [1.165, 1.54) is 41.0 Å². The van der Waals surface area contributed by atoms with Gasteiger partial charge in [0.15, 0.2) is 0 Å². The lowest BCUT2D eigenvalue weighted by Gasteiger charge is -2.29. The van der Waals surface area contributed by atoms with Crippen LogP contribution in [0.4, 0.5) is 0 Å². The first kappa shape index (κ1) is 14.6. The predicted molar refractivity (Wildman–Crippen MR) is 92.5 cm³/mol. The third-order valence-electron chi connectivity index (χ3n) is 4.85. The van der Waals surface area contributed by atoms with Gasteiger partial charge in [-0.05, 0) is 36.4 Å². The molecule has 4 rings (SSSR count). The highest BCUT2D eigenvalue weighted by atomic mass is 32.1. The number of fused-ring (bicyclic) bond motifs is 1. The number of thiophene rings is 1. The molecule has 4 heteroatoms. The second-order valence-corrected chi connectivity index (χ2v) is 7.72. The third kappa shape index (κ3) is 3.35. The Hall–Kier alpha value is -0.940. The maximum Gasteiger partial charge on any atom is 0.0594 e. The van der Waals surface area contributed by atoms with Crippen molar-refractivity contribution in [2.75, 3.05) is 45.9 Å². The molecule has 0 N–H and O–H groups in total. The highest BCUT2D eigenvalue weighted by molar-refractivity contribution is 7.19. The molecule has 0 saturated carbocycles. The largest absolute Gasteiger partial charge is 0.379 e. The average molecular weight is 316 g/mol. The van der Waals surface area contributed by atoms with Gasteiger partial charge in [0.2, 0.25) is 0 Å². The summed E-state index contributed by atoms with van der Waals surface area (Å²) in [5.41, 5.74) is 0. The van der Waals surface area contributed by atoms with Gasteiger partial charge in [-0.15, -0.1) is 11.3 Å². The molecule has 2 aliphatic heterocycles. The minimum absolute atomic E-state index is 0.840. The summed E-state index contributed by atoms with van der Waals surface area (Å²) < 4.78 is 6.86. The van der Waals surface area contributed by atoms with Gasteiger partial charge in [0.1, 0.15) is 0 Å². The van der Waals surface area contributed by atoms with Crippen LogP contribution in [0.3, 0.4) is 0 Å². The van der Waals surface area contributed by atoms with Crippen molar-refractivity contribution in [2.45, 2.75) is 13.0 Å². The Morgan fingerprint density at radius 2 is 1.95 bits per heavy atom. The van der Waals surface area contributed by atoms with Crippen LogP contribution in [-0.2, 0) is 11.3 Å². The SMILES string of the molecule is c1ccc2sc(CN3CC[C@H](CN4CCOCC4)C3)cc2c1. The van der Waals surface area contributed by atoms with Gasteiger partial charge in [0.05, 0.1) is 13.2 Å². The van der Waals surface area contributed by atoms with Crippen LogP contribution in [0, 0.1) is 5.92 Å². The minimum Gasteiger partial charge on any atom is -0.379 e. The number of benzene rings is 1. The lowest BCUT2D eigenvalue weighted by Crippen LogP contribution is -2.39. The van der Waals surface area contributed by atoms with Crippen molar-refractivity contribution < 1.29 is 4.74 Å². The van der Waals surface area contributed by atoms with Crippen LogP contribution in [0.5, 0.6) is 0 Å². The number of likely N-dealkylation sites (tertiary alicyclic amines) is 1. The number of nitrogens with zero attached hydrogens (tertiary/aromatic N) is 2. The van der Waals surface area contributed by atoms with Gasteiger partial charge >= 0.3 is 0 Å². The van der Waals surface area contributed by atoms with Crippen LogP contribution in [0.1, 0.15) is 11.3 Å². The van der Waals surface area contributed by atoms with Gasteiger partial charge < -0.3 is 4.74 Å². The summed E-state index contributed by atoms with van der Waals surface area (Å²) in [6.45, 7) is 8.95. The van der Waals surface area contributed by atoms with Crippen LogP contribution in [0.2, 0.25) is 0 Å². The highest BCUT2D eigenvalue weighted by Crippen LogP contribution is 2.28. The molecule has 3 nitrogen and oxygen atoms in total. The topological polar surface area (TPSA) is 15.7 Å². The maximum absolute atomic E-state index is 5.44. The molecule has 2 saturated heterocycles. The van der Waals surface area contributed by atoms with Crippen LogP contribution in [-0.4, -0.2) is 55.7 Å². The second-order valence-electron chi connectivity index (χ2n) is 6.55. The van der Waals surface area contributed by atoms with Gasteiger partial charge in [-0.2, -0.15) is 0 Å². The molecule has 0 spiro atoms. The van der Waals surface area contributed by atoms with Crippen LogP contribution in [0.25, 0.3) is 10.1 Å². The van der Waals surface area contributed by atoms with Crippen LogP contribution >= 0.6 is 11.3 Å². The molecule has 3 heterocycles. The van der Waals surface area contributed by atoms with E-state index in [4.69, 9.17) is 4.74 Å². The van der Waals surface area contributed by atoms with Gasteiger partial charge in [-0.25, -0.2) is 0 Å². The van der Waals surface area contributed by atoms with E-state index in [1.807, 2.05) is 11.3 Å². The molecule has 118 valence electrons. The van der Waals surface area contributed by atoms with E-state index in [0.717, 1.165) is 38.8 Å². The van der Waals surface area contributed by atoms with Gasteiger partial charge in [-0.3, -0.25) is 9.80 Å². The summed E-state index contributed by atoms with van der Waals surface area (Å²) in [4.78, 5) is 6.72. The summed E-state index contributed by atoms with van der Waals surface area (Å²) in [6, 6.07) is 11.1. The fourth-order valence-electron chi connectivity index (χ4n) is 3.69. The quantitative estimate of drug-likeness (QED) is 0.862. The standard InChI is InChI=1S/C18H24N2OS/c1-2-4-18-16(3-1)11-17(22-18)14-20-6-5-15(13-20)12-19-7-9-21-10-8-19/h1-4,11,15H,5-10,12-14H2/t15-/m1/s1. The van der Waals surface area contributed by atoms with Crippen LogP contribution < -0.4 is 0 Å². The van der Waals surface area contributed by atoms with Gasteiger partial charge in [0, 0.05) is 42.3 Å². The molecule has 0 radical (unpaired) electrons. The average Bonchev–Trinajstić information content (AvgIpc) is 3.14. The maximum atomic E-state index is 5.44. The summed E-state index contributed by atoms with van der Waals surface area (Å²) in [7, 11) is 0. The molecular weight excluding hydrogens is 292 g/mol. The van der Waals surface area contributed by atoms with Crippen molar-refractivity contribution >= 4 is 21.4 Å². The van der Waals surface area contributed by atoms with Crippen LogP contribution in [0.15, 0.2) is 30.3 Å². The molecule has 1 atom stereocenters. The number of ether oxygens (including phenoxy) is 1. The summed E-state index contributed by atoms with van der Waals surface area (Å²) >= 11 is 1.95. The molecule has 0 amide bonds.